The Morgan fingerprint density at radius 3 is 2.16 bits per heavy atom. The van der Waals surface area contributed by atoms with Gasteiger partial charge in [0.05, 0.1) is 29.4 Å². The topological polar surface area (TPSA) is 102 Å². The van der Waals surface area contributed by atoms with Crippen molar-refractivity contribution in [2.75, 3.05) is 12.9 Å². The molecule has 0 aliphatic carbocycles. The van der Waals surface area contributed by atoms with Crippen molar-refractivity contribution >= 4 is 21.8 Å². The summed E-state index contributed by atoms with van der Waals surface area (Å²) in [6, 6.07) is 12.5. The van der Waals surface area contributed by atoms with Gasteiger partial charge in [-0.25, -0.2) is 18.0 Å². The first-order valence-electron chi connectivity index (χ1n) is 10.2. The number of sulfone groups is 1. The van der Waals surface area contributed by atoms with Crippen LogP contribution < -0.4 is 10.6 Å². The van der Waals surface area contributed by atoms with Crippen LogP contribution in [0.25, 0.3) is 0 Å². The zero-order valence-corrected chi connectivity index (χ0v) is 19.7. The van der Waals surface area contributed by atoms with Crippen LogP contribution in [0.4, 0.5) is 4.79 Å². The minimum atomic E-state index is -3.84. The molecule has 2 amide bonds. The van der Waals surface area contributed by atoms with Crippen molar-refractivity contribution in [1.29, 1.82) is 0 Å². The van der Waals surface area contributed by atoms with Gasteiger partial charge >= 0.3 is 12.0 Å². The third kappa shape index (κ3) is 5.02. The van der Waals surface area contributed by atoms with Gasteiger partial charge in [0.15, 0.2) is 9.84 Å². The number of benzene rings is 2. The number of ether oxygens (including phenoxy) is 1. The van der Waals surface area contributed by atoms with Crippen LogP contribution in [0.2, 0.25) is 0 Å². The van der Waals surface area contributed by atoms with E-state index in [2.05, 4.69) is 10.6 Å². The molecule has 2 aromatic rings. The van der Waals surface area contributed by atoms with Crippen LogP contribution in [0.3, 0.4) is 0 Å². The van der Waals surface area contributed by atoms with E-state index in [0.29, 0.717) is 5.56 Å². The maximum Gasteiger partial charge on any atom is 0.338 e. The lowest BCUT2D eigenvalue weighted by atomic mass is 9.87. The van der Waals surface area contributed by atoms with Gasteiger partial charge in [-0.05, 0) is 35.6 Å². The molecule has 2 aromatic carbocycles. The first kappa shape index (κ1) is 23.5. The lowest BCUT2D eigenvalue weighted by Crippen LogP contribution is -2.47. The molecule has 1 atom stereocenters. The second kappa shape index (κ2) is 8.78. The lowest BCUT2D eigenvalue weighted by Gasteiger charge is -2.29. The third-order valence-corrected chi connectivity index (χ3v) is 7.04. The average molecular weight is 457 g/mol. The summed E-state index contributed by atoms with van der Waals surface area (Å²) >= 11 is 0. The number of carbonyl (C=O) groups is 2. The molecule has 0 saturated carbocycles. The Balaban J connectivity index is 2.04. The average Bonchev–Trinajstić information content (AvgIpc) is 2.72. The number of rotatable bonds is 5. The van der Waals surface area contributed by atoms with Crippen molar-refractivity contribution in [3.8, 4) is 0 Å². The van der Waals surface area contributed by atoms with Gasteiger partial charge in [-0.1, -0.05) is 62.7 Å². The summed E-state index contributed by atoms with van der Waals surface area (Å²) in [5.41, 5.74) is 2.61. The van der Waals surface area contributed by atoms with Gasteiger partial charge in [-0.2, -0.15) is 0 Å². The molecule has 3 rings (SSSR count). The number of hydrogen-bond acceptors (Lipinski definition) is 5. The fourth-order valence-electron chi connectivity index (χ4n) is 3.53. The molecule has 0 unspecified atom stereocenters. The standard InChI is InChI=1S/C24H28N2O5S/c1-15-6-8-16(9-7-15)21-20(22(27)31-5)19(25-23(28)26-21)14-32(29,30)18-12-10-17(11-13-18)24(2,3)4/h6-13,21H,14H2,1-5H3,(H2,25,26,28)/t21-/m0/s1. The van der Waals surface area contributed by atoms with Crippen molar-refractivity contribution in [2.24, 2.45) is 0 Å². The number of carbonyl (C=O) groups excluding carboxylic acids is 2. The molecule has 0 spiro atoms. The SMILES string of the molecule is COC(=O)C1=C(CS(=O)(=O)c2ccc(C(C)(C)C)cc2)NC(=O)N[C@H]1c1ccc(C)cc1. The summed E-state index contributed by atoms with van der Waals surface area (Å²) in [4.78, 5) is 25.1. The molecule has 1 aliphatic heterocycles. The highest BCUT2D eigenvalue weighted by atomic mass is 32.2. The number of amides is 2. The van der Waals surface area contributed by atoms with Gasteiger partial charge in [-0.15, -0.1) is 0 Å². The molecular formula is C24H28N2O5S. The molecule has 1 heterocycles. The lowest BCUT2D eigenvalue weighted by molar-refractivity contribution is -0.136. The summed E-state index contributed by atoms with van der Waals surface area (Å²) in [7, 11) is -2.62. The Morgan fingerprint density at radius 2 is 1.62 bits per heavy atom. The Bertz CT molecular complexity index is 1160. The predicted octanol–water partition coefficient (Wildman–Crippen LogP) is 3.55. The monoisotopic (exact) mass is 456 g/mol. The van der Waals surface area contributed by atoms with Crippen LogP contribution >= 0.6 is 0 Å². The van der Waals surface area contributed by atoms with Crippen LogP contribution in [0.1, 0.15) is 43.5 Å². The number of methoxy groups -OCH3 is 1. The largest absolute Gasteiger partial charge is 0.466 e. The van der Waals surface area contributed by atoms with Crippen LogP contribution in [-0.2, 0) is 24.8 Å². The smallest absolute Gasteiger partial charge is 0.338 e. The van der Waals surface area contributed by atoms with E-state index in [4.69, 9.17) is 4.74 Å². The second-order valence-corrected chi connectivity index (χ2v) is 10.8. The number of aryl methyl sites for hydroxylation is 1. The summed E-state index contributed by atoms with van der Waals surface area (Å²) in [6.07, 6.45) is 0. The zero-order chi connectivity index (χ0) is 23.7. The highest BCUT2D eigenvalue weighted by molar-refractivity contribution is 7.91. The normalized spacial score (nSPS) is 16.9. The molecule has 0 radical (unpaired) electrons. The van der Waals surface area contributed by atoms with E-state index in [9.17, 15) is 18.0 Å². The molecule has 0 aromatic heterocycles. The van der Waals surface area contributed by atoms with E-state index in [1.165, 1.54) is 7.11 Å². The van der Waals surface area contributed by atoms with Crippen LogP contribution in [-0.4, -0.2) is 33.3 Å². The van der Waals surface area contributed by atoms with Gasteiger partial charge in [-0.3, -0.25) is 0 Å². The molecular weight excluding hydrogens is 428 g/mol. The molecule has 1 aliphatic rings. The van der Waals surface area contributed by atoms with Crippen molar-refractivity contribution < 1.29 is 22.7 Å². The van der Waals surface area contributed by atoms with Gasteiger partial charge in [0, 0.05) is 5.70 Å². The Labute approximate surface area is 188 Å². The van der Waals surface area contributed by atoms with Crippen LogP contribution in [0, 0.1) is 6.92 Å². The Hall–Kier alpha value is -3.13. The highest BCUT2D eigenvalue weighted by Crippen LogP contribution is 2.30. The number of urea groups is 1. The van der Waals surface area contributed by atoms with Gasteiger partial charge in [0.1, 0.15) is 0 Å². The molecule has 170 valence electrons. The van der Waals surface area contributed by atoms with Crippen molar-refractivity contribution in [3.05, 3.63) is 76.5 Å². The highest BCUT2D eigenvalue weighted by Gasteiger charge is 2.35. The molecule has 0 fully saturated rings. The minimum absolute atomic E-state index is 0.00562. The van der Waals surface area contributed by atoms with E-state index in [1.807, 2.05) is 39.8 Å². The number of esters is 1. The van der Waals surface area contributed by atoms with Crippen LogP contribution in [0.15, 0.2) is 64.7 Å². The van der Waals surface area contributed by atoms with E-state index in [0.717, 1.165) is 11.1 Å². The Kier molecular flexibility index (Phi) is 6.46. The Morgan fingerprint density at radius 1 is 1.03 bits per heavy atom. The maximum atomic E-state index is 13.2. The van der Waals surface area contributed by atoms with E-state index >= 15 is 0 Å². The second-order valence-electron chi connectivity index (χ2n) is 8.86. The summed E-state index contributed by atoms with van der Waals surface area (Å²) in [5, 5.41) is 5.20. The number of hydrogen-bond donors (Lipinski definition) is 2. The van der Waals surface area contributed by atoms with E-state index in [-0.39, 0.29) is 21.6 Å². The molecule has 0 saturated heterocycles. The van der Waals surface area contributed by atoms with Gasteiger partial charge in [0.2, 0.25) is 0 Å². The fourth-order valence-corrected chi connectivity index (χ4v) is 4.85. The van der Waals surface area contributed by atoms with Gasteiger partial charge < -0.3 is 15.4 Å². The molecule has 32 heavy (non-hydrogen) atoms. The van der Waals surface area contributed by atoms with Crippen molar-refractivity contribution in [3.63, 3.8) is 0 Å². The first-order valence-corrected chi connectivity index (χ1v) is 11.9. The summed E-state index contributed by atoms with van der Waals surface area (Å²) < 4.78 is 31.2. The quantitative estimate of drug-likeness (QED) is 0.670. The summed E-state index contributed by atoms with van der Waals surface area (Å²) in [6.45, 7) is 8.05. The number of nitrogens with one attached hydrogen (secondary N) is 2. The third-order valence-electron chi connectivity index (χ3n) is 5.38. The molecule has 7 nitrogen and oxygen atoms in total. The van der Waals surface area contributed by atoms with Crippen LogP contribution in [0.5, 0.6) is 0 Å². The zero-order valence-electron chi connectivity index (χ0n) is 18.9. The molecule has 2 N–H and O–H groups in total. The summed E-state index contributed by atoms with van der Waals surface area (Å²) in [5.74, 6) is -1.25. The van der Waals surface area contributed by atoms with E-state index in [1.54, 1.807) is 36.4 Å². The first-order chi connectivity index (χ1) is 14.9. The fraction of sp³-hybridized carbons (Fsp3) is 0.333. The minimum Gasteiger partial charge on any atom is -0.466 e. The molecule has 0 bridgehead atoms. The maximum absolute atomic E-state index is 13.2. The van der Waals surface area contributed by atoms with E-state index < -0.39 is 33.6 Å². The molecule has 8 heteroatoms. The van der Waals surface area contributed by atoms with Crippen molar-refractivity contribution in [2.45, 2.75) is 44.0 Å². The van der Waals surface area contributed by atoms with Gasteiger partial charge in [0.25, 0.3) is 0 Å². The predicted molar refractivity (Wildman–Crippen MR) is 122 cm³/mol. The van der Waals surface area contributed by atoms with Crippen molar-refractivity contribution in [1.82, 2.24) is 10.6 Å².